The first-order chi connectivity index (χ1) is 12.6. The maximum Gasteiger partial charge on any atom is 0.234 e. The van der Waals surface area contributed by atoms with Gasteiger partial charge < -0.3 is 10.4 Å². The van der Waals surface area contributed by atoms with Crippen LogP contribution in [0.3, 0.4) is 0 Å². The number of aliphatic hydroxyl groups is 1. The van der Waals surface area contributed by atoms with Crippen molar-refractivity contribution in [2.75, 3.05) is 13.6 Å². The number of carbonyl (C=O) groups is 1. The maximum absolute atomic E-state index is 12.5. The topological polar surface area (TPSA) is 78.4 Å². The highest BCUT2D eigenvalue weighted by molar-refractivity contribution is 5.78. The lowest BCUT2D eigenvalue weighted by molar-refractivity contribution is -0.123. The summed E-state index contributed by atoms with van der Waals surface area (Å²) < 4.78 is 0. The van der Waals surface area contributed by atoms with E-state index in [1.165, 1.54) is 0 Å². The van der Waals surface area contributed by atoms with Gasteiger partial charge in [-0.25, -0.2) is 0 Å². The lowest BCUT2D eigenvalue weighted by atomic mass is 9.76. The Labute approximate surface area is 154 Å². The Balaban J connectivity index is 1.54. The standard InChI is InChI=1S/C20H26N4O2/c1-24(13-15-5-4-7-21-12-15)14-20(26)23-19(16-9-18(25)10-16)11-17-6-2-3-8-22-17/h2-8,12,16,18-19,25H,9-11,13-14H2,1H3,(H,23,26)/t16?,18?,19-/m1/s1. The summed E-state index contributed by atoms with van der Waals surface area (Å²) in [6.07, 6.45) is 7.25. The second kappa shape index (κ2) is 8.87. The van der Waals surface area contributed by atoms with Crippen LogP contribution in [0.5, 0.6) is 0 Å². The number of amides is 1. The summed E-state index contributed by atoms with van der Waals surface area (Å²) in [6.45, 7) is 0.997. The number of aliphatic hydroxyl groups excluding tert-OH is 1. The van der Waals surface area contributed by atoms with Gasteiger partial charge in [0.2, 0.25) is 5.91 Å². The van der Waals surface area contributed by atoms with Crippen molar-refractivity contribution in [2.24, 2.45) is 5.92 Å². The SMILES string of the molecule is CN(CC(=O)N[C@H](Cc1ccccn1)C1CC(O)C1)Cc1cccnc1. The first-order valence-electron chi connectivity index (χ1n) is 9.05. The number of hydrogen-bond donors (Lipinski definition) is 2. The monoisotopic (exact) mass is 354 g/mol. The summed E-state index contributed by atoms with van der Waals surface area (Å²) in [7, 11) is 1.92. The van der Waals surface area contributed by atoms with Crippen LogP contribution in [0.4, 0.5) is 0 Å². The number of pyridine rings is 2. The molecule has 0 aromatic carbocycles. The molecule has 138 valence electrons. The average molecular weight is 354 g/mol. The molecule has 1 saturated carbocycles. The number of nitrogens with one attached hydrogen (secondary N) is 1. The molecule has 0 aliphatic heterocycles. The molecule has 0 bridgehead atoms. The number of carbonyl (C=O) groups excluding carboxylic acids is 1. The zero-order valence-corrected chi connectivity index (χ0v) is 15.1. The molecule has 0 unspecified atom stereocenters. The summed E-state index contributed by atoms with van der Waals surface area (Å²) in [5, 5.41) is 12.8. The van der Waals surface area contributed by atoms with Gasteiger partial charge in [0.05, 0.1) is 12.6 Å². The summed E-state index contributed by atoms with van der Waals surface area (Å²) in [6, 6.07) is 9.72. The fourth-order valence-electron chi connectivity index (χ4n) is 3.39. The predicted octanol–water partition coefficient (Wildman–Crippen LogP) is 1.41. The number of likely N-dealkylation sites (N-methyl/N-ethyl adjacent to an activating group) is 1. The number of rotatable bonds is 8. The van der Waals surface area contributed by atoms with E-state index in [2.05, 4.69) is 15.3 Å². The Bertz CT molecular complexity index is 689. The van der Waals surface area contributed by atoms with Crippen LogP contribution in [0.1, 0.15) is 24.1 Å². The van der Waals surface area contributed by atoms with E-state index in [0.717, 1.165) is 24.1 Å². The van der Waals surface area contributed by atoms with Crippen LogP contribution in [0, 0.1) is 5.92 Å². The molecular weight excluding hydrogens is 328 g/mol. The maximum atomic E-state index is 12.5. The van der Waals surface area contributed by atoms with Gasteiger partial charge in [-0.1, -0.05) is 12.1 Å². The molecule has 6 nitrogen and oxygen atoms in total. The predicted molar refractivity (Wildman–Crippen MR) is 99.2 cm³/mol. The first-order valence-corrected chi connectivity index (χ1v) is 9.05. The highest BCUT2D eigenvalue weighted by Crippen LogP contribution is 2.31. The molecule has 0 spiro atoms. The van der Waals surface area contributed by atoms with E-state index in [9.17, 15) is 9.90 Å². The molecule has 1 amide bonds. The third-order valence-electron chi connectivity index (χ3n) is 4.81. The average Bonchev–Trinajstić information content (AvgIpc) is 2.60. The van der Waals surface area contributed by atoms with Gasteiger partial charge in [0.1, 0.15) is 0 Å². The van der Waals surface area contributed by atoms with Gasteiger partial charge in [0.25, 0.3) is 0 Å². The molecule has 3 rings (SSSR count). The minimum atomic E-state index is -0.239. The molecule has 2 aromatic heterocycles. The molecule has 2 aromatic rings. The summed E-state index contributed by atoms with van der Waals surface area (Å²) in [5.41, 5.74) is 2.04. The van der Waals surface area contributed by atoms with Crippen LogP contribution in [-0.2, 0) is 17.8 Å². The summed E-state index contributed by atoms with van der Waals surface area (Å²) in [5.74, 6) is 0.304. The van der Waals surface area contributed by atoms with Crippen molar-refractivity contribution in [3.8, 4) is 0 Å². The normalized spacial score (nSPS) is 20.4. The number of hydrogen-bond acceptors (Lipinski definition) is 5. The van der Waals surface area contributed by atoms with E-state index < -0.39 is 0 Å². The van der Waals surface area contributed by atoms with Crippen LogP contribution in [0.15, 0.2) is 48.9 Å². The molecule has 1 aliphatic carbocycles. The fourth-order valence-corrected chi connectivity index (χ4v) is 3.39. The Morgan fingerprint density at radius 3 is 2.81 bits per heavy atom. The second-order valence-corrected chi connectivity index (χ2v) is 7.12. The van der Waals surface area contributed by atoms with E-state index >= 15 is 0 Å². The van der Waals surface area contributed by atoms with Crippen molar-refractivity contribution >= 4 is 5.91 Å². The van der Waals surface area contributed by atoms with Crippen molar-refractivity contribution in [2.45, 2.75) is 38.0 Å². The van der Waals surface area contributed by atoms with Crippen molar-refractivity contribution in [1.82, 2.24) is 20.2 Å². The highest BCUT2D eigenvalue weighted by Gasteiger charge is 2.35. The van der Waals surface area contributed by atoms with Crippen molar-refractivity contribution in [3.05, 3.63) is 60.2 Å². The molecule has 26 heavy (non-hydrogen) atoms. The third-order valence-corrected chi connectivity index (χ3v) is 4.81. The number of aromatic nitrogens is 2. The third kappa shape index (κ3) is 5.34. The van der Waals surface area contributed by atoms with E-state index in [1.807, 2.05) is 48.5 Å². The minimum Gasteiger partial charge on any atom is -0.393 e. The molecule has 0 radical (unpaired) electrons. The quantitative estimate of drug-likeness (QED) is 0.749. The minimum absolute atomic E-state index is 0.00119. The summed E-state index contributed by atoms with van der Waals surface area (Å²) >= 11 is 0. The van der Waals surface area contributed by atoms with Crippen LogP contribution >= 0.6 is 0 Å². The molecule has 2 heterocycles. The molecule has 1 fully saturated rings. The van der Waals surface area contributed by atoms with Gasteiger partial charge >= 0.3 is 0 Å². The largest absolute Gasteiger partial charge is 0.393 e. The van der Waals surface area contributed by atoms with Crippen LogP contribution < -0.4 is 5.32 Å². The van der Waals surface area contributed by atoms with Crippen LogP contribution in [0.2, 0.25) is 0 Å². The molecule has 1 aliphatic rings. The van der Waals surface area contributed by atoms with Crippen molar-refractivity contribution in [3.63, 3.8) is 0 Å². The van der Waals surface area contributed by atoms with Gasteiger partial charge in [-0.3, -0.25) is 19.7 Å². The number of nitrogens with zero attached hydrogens (tertiary/aromatic N) is 3. The Morgan fingerprint density at radius 2 is 2.15 bits per heavy atom. The summed E-state index contributed by atoms with van der Waals surface area (Å²) in [4.78, 5) is 23.0. The van der Waals surface area contributed by atoms with Crippen LogP contribution in [-0.4, -0.2) is 51.6 Å². The lowest BCUT2D eigenvalue weighted by Gasteiger charge is -2.38. The van der Waals surface area contributed by atoms with Gasteiger partial charge in [-0.15, -0.1) is 0 Å². The van der Waals surface area contributed by atoms with Gasteiger partial charge in [0.15, 0.2) is 0 Å². The zero-order valence-electron chi connectivity index (χ0n) is 15.1. The van der Waals surface area contributed by atoms with E-state index in [4.69, 9.17) is 0 Å². The smallest absolute Gasteiger partial charge is 0.234 e. The van der Waals surface area contributed by atoms with E-state index in [1.54, 1.807) is 12.4 Å². The molecular formula is C20H26N4O2. The lowest BCUT2D eigenvalue weighted by Crippen LogP contribution is -2.50. The highest BCUT2D eigenvalue weighted by atomic mass is 16.3. The van der Waals surface area contributed by atoms with Gasteiger partial charge in [0, 0.05) is 43.3 Å². The molecule has 2 N–H and O–H groups in total. The Kier molecular flexibility index (Phi) is 6.30. The molecule has 1 atom stereocenters. The van der Waals surface area contributed by atoms with E-state index in [-0.39, 0.29) is 18.1 Å². The Morgan fingerprint density at radius 1 is 1.31 bits per heavy atom. The second-order valence-electron chi connectivity index (χ2n) is 7.12. The Hall–Kier alpha value is -2.31. The molecule has 0 saturated heterocycles. The van der Waals surface area contributed by atoms with Crippen molar-refractivity contribution < 1.29 is 9.90 Å². The van der Waals surface area contributed by atoms with E-state index in [0.29, 0.717) is 25.4 Å². The zero-order chi connectivity index (χ0) is 18.4. The van der Waals surface area contributed by atoms with Gasteiger partial charge in [-0.2, -0.15) is 0 Å². The fraction of sp³-hybridized carbons (Fsp3) is 0.450. The van der Waals surface area contributed by atoms with Gasteiger partial charge in [-0.05, 0) is 49.6 Å². The van der Waals surface area contributed by atoms with Crippen molar-refractivity contribution in [1.29, 1.82) is 0 Å². The van der Waals surface area contributed by atoms with Crippen LogP contribution in [0.25, 0.3) is 0 Å². The molecule has 6 heteroatoms. The first kappa shape index (κ1) is 18.5.